The summed E-state index contributed by atoms with van der Waals surface area (Å²) in [4.78, 5) is 16.5. The van der Waals surface area contributed by atoms with Gasteiger partial charge < -0.3 is 10.4 Å². The lowest BCUT2D eigenvalue weighted by Gasteiger charge is -2.14. The number of hydrogen-bond acceptors (Lipinski definition) is 6. The fraction of sp³-hybridized carbons (Fsp3) is 0.350. The first-order valence-corrected chi connectivity index (χ1v) is 9.44. The largest absolute Gasteiger partial charge is 0.394 e. The van der Waals surface area contributed by atoms with Crippen LogP contribution >= 0.6 is 0 Å². The van der Waals surface area contributed by atoms with E-state index in [0.29, 0.717) is 17.9 Å². The van der Waals surface area contributed by atoms with Crippen molar-refractivity contribution in [2.24, 2.45) is 5.92 Å². The SMILES string of the molecule is CC(C)Cc1nnnn1-c1cc(C(=O)NC(C)CO)cc(-c2ncc(F)cc2F)c1. The number of nitrogens with one attached hydrogen (secondary N) is 1. The number of pyridine rings is 1. The van der Waals surface area contributed by atoms with E-state index in [-0.39, 0.29) is 29.3 Å². The van der Waals surface area contributed by atoms with Crippen molar-refractivity contribution in [2.75, 3.05) is 6.61 Å². The molecule has 30 heavy (non-hydrogen) atoms. The summed E-state index contributed by atoms with van der Waals surface area (Å²) >= 11 is 0. The molecule has 0 aliphatic rings. The Morgan fingerprint density at radius 1 is 1.20 bits per heavy atom. The van der Waals surface area contributed by atoms with E-state index < -0.39 is 23.6 Å². The smallest absolute Gasteiger partial charge is 0.251 e. The molecule has 0 bridgehead atoms. The summed E-state index contributed by atoms with van der Waals surface area (Å²) in [6.07, 6.45) is 1.49. The Balaban J connectivity index is 2.14. The standard InChI is InChI=1S/C20H22F2N6O2/c1-11(2)4-18-25-26-27-28(18)16-6-13(19-17(22)8-15(21)9-23-19)5-14(7-16)20(30)24-12(3)10-29/h5-9,11-12,29H,4,10H2,1-3H3,(H,24,30). The van der Waals surface area contributed by atoms with Crippen LogP contribution in [0.2, 0.25) is 0 Å². The average molecular weight is 416 g/mol. The molecule has 0 spiro atoms. The van der Waals surface area contributed by atoms with Gasteiger partial charge in [-0.1, -0.05) is 13.8 Å². The van der Waals surface area contributed by atoms with E-state index in [1.807, 2.05) is 13.8 Å². The molecule has 2 heterocycles. The van der Waals surface area contributed by atoms with Crippen LogP contribution in [0.1, 0.15) is 37.0 Å². The van der Waals surface area contributed by atoms with Gasteiger partial charge in [0.2, 0.25) is 0 Å². The van der Waals surface area contributed by atoms with E-state index in [9.17, 15) is 18.7 Å². The van der Waals surface area contributed by atoms with Crippen LogP contribution < -0.4 is 5.32 Å². The number of tetrazole rings is 1. The molecule has 10 heteroatoms. The van der Waals surface area contributed by atoms with E-state index in [0.717, 1.165) is 12.3 Å². The van der Waals surface area contributed by atoms with Crippen molar-refractivity contribution in [1.82, 2.24) is 30.5 Å². The molecule has 1 unspecified atom stereocenters. The van der Waals surface area contributed by atoms with Crippen LogP contribution in [0.3, 0.4) is 0 Å². The van der Waals surface area contributed by atoms with Gasteiger partial charge in [-0.2, -0.15) is 4.68 Å². The molecule has 3 rings (SSSR count). The molecule has 2 aromatic heterocycles. The van der Waals surface area contributed by atoms with Crippen LogP contribution in [0.15, 0.2) is 30.5 Å². The Labute approximate surface area is 172 Å². The maximum absolute atomic E-state index is 14.4. The number of benzene rings is 1. The van der Waals surface area contributed by atoms with Crippen LogP contribution in [0.5, 0.6) is 0 Å². The maximum atomic E-state index is 14.4. The van der Waals surface area contributed by atoms with Crippen LogP contribution in [-0.2, 0) is 6.42 Å². The lowest BCUT2D eigenvalue weighted by atomic mass is 10.0. The summed E-state index contributed by atoms with van der Waals surface area (Å²) in [6, 6.07) is 4.83. The first kappa shape index (κ1) is 21.4. The van der Waals surface area contributed by atoms with Crippen LogP contribution in [0.4, 0.5) is 8.78 Å². The van der Waals surface area contributed by atoms with Crippen molar-refractivity contribution < 1.29 is 18.7 Å². The quantitative estimate of drug-likeness (QED) is 0.612. The predicted octanol–water partition coefficient (Wildman–Crippen LogP) is 2.31. The van der Waals surface area contributed by atoms with Crippen LogP contribution in [0, 0.1) is 17.6 Å². The second kappa shape index (κ2) is 9.04. The Morgan fingerprint density at radius 2 is 1.97 bits per heavy atom. The second-order valence-corrected chi connectivity index (χ2v) is 7.41. The van der Waals surface area contributed by atoms with Crippen molar-refractivity contribution in [1.29, 1.82) is 0 Å². The van der Waals surface area contributed by atoms with Crippen molar-refractivity contribution in [3.05, 3.63) is 53.5 Å². The third-order valence-electron chi connectivity index (χ3n) is 4.28. The number of aliphatic hydroxyl groups excluding tert-OH is 1. The van der Waals surface area contributed by atoms with Gasteiger partial charge in [0.15, 0.2) is 11.6 Å². The average Bonchev–Trinajstić information content (AvgIpc) is 3.14. The highest BCUT2D eigenvalue weighted by Gasteiger charge is 2.18. The lowest BCUT2D eigenvalue weighted by Crippen LogP contribution is -2.35. The molecule has 0 saturated carbocycles. The molecule has 3 aromatic rings. The van der Waals surface area contributed by atoms with Gasteiger partial charge in [-0.15, -0.1) is 5.10 Å². The van der Waals surface area contributed by atoms with Crippen molar-refractivity contribution in [3.8, 4) is 16.9 Å². The monoisotopic (exact) mass is 416 g/mol. The van der Waals surface area contributed by atoms with E-state index in [1.165, 1.54) is 10.7 Å². The summed E-state index contributed by atoms with van der Waals surface area (Å²) in [5.41, 5.74) is 0.776. The minimum absolute atomic E-state index is 0.110. The van der Waals surface area contributed by atoms with E-state index in [4.69, 9.17) is 0 Å². The summed E-state index contributed by atoms with van der Waals surface area (Å²) in [5.74, 6) is -1.28. The van der Waals surface area contributed by atoms with Gasteiger partial charge in [0.1, 0.15) is 11.5 Å². The number of halogens is 2. The fourth-order valence-electron chi connectivity index (χ4n) is 2.88. The molecule has 0 aliphatic carbocycles. The molecule has 1 amide bonds. The molecule has 158 valence electrons. The molecule has 0 fully saturated rings. The zero-order valence-corrected chi connectivity index (χ0v) is 16.8. The van der Waals surface area contributed by atoms with Crippen LogP contribution in [-0.4, -0.2) is 48.9 Å². The van der Waals surface area contributed by atoms with E-state index in [2.05, 4.69) is 25.8 Å². The number of nitrogens with zero attached hydrogens (tertiary/aromatic N) is 5. The van der Waals surface area contributed by atoms with Gasteiger partial charge in [-0.3, -0.25) is 9.78 Å². The first-order valence-electron chi connectivity index (χ1n) is 9.44. The third-order valence-corrected chi connectivity index (χ3v) is 4.28. The van der Waals surface area contributed by atoms with E-state index in [1.54, 1.807) is 19.1 Å². The fourth-order valence-corrected chi connectivity index (χ4v) is 2.88. The van der Waals surface area contributed by atoms with Gasteiger partial charge in [0.05, 0.1) is 18.5 Å². The van der Waals surface area contributed by atoms with Crippen molar-refractivity contribution in [2.45, 2.75) is 33.2 Å². The summed E-state index contributed by atoms with van der Waals surface area (Å²) in [6.45, 7) is 5.44. The van der Waals surface area contributed by atoms with Crippen molar-refractivity contribution >= 4 is 5.91 Å². The minimum atomic E-state index is -0.860. The van der Waals surface area contributed by atoms with E-state index >= 15 is 0 Å². The Hall–Kier alpha value is -3.27. The zero-order chi connectivity index (χ0) is 21.8. The number of carbonyl (C=O) groups is 1. The Bertz CT molecular complexity index is 1050. The molecular weight excluding hydrogens is 394 g/mol. The van der Waals surface area contributed by atoms with Crippen LogP contribution in [0.25, 0.3) is 16.9 Å². The predicted molar refractivity (Wildman–Crippen MR) is 105 cm³/mol. The van der Waals surface area contributed by atoms with Gasteiger partial charge >= 0.3 is 0 Å². The number of amides is 1. The molecule has 1 atom stereocenters. The van der Waals surface area contributed by atoms with Gasteiger partial charge in [-0.25, -0.2) is 8.78 Å². The molecule has 0 aliphatic heterocycles. The number of aliphatic hydroxyl groups is 1. The normalized spacial score (nSPS) is 12.2. The molecule has 2 N–H and O–H groups in total. The molecule has 0 saturated heterocycles. The molecule has 8 nitrogen and oxygen atoms in total. The lowest BCUT2D eigenvalue weighted by molar-refractivity contribution is 0.0922. The van der Waals surface area contributed by atoms with Gasteiger partial charge in [0.25, 0.3) is 5.91 Å². The third kappa shape index (κ3) is 4.82. The highest BCUT2D eigenvalue weighted by molar-refractivity contribution is 5.96. The topological polar surface area (TPSA) is 106 Å². The zero-order valence-electron chi connectivity index (χ0n) is 16.8. The minimum Gasteiger partial charge on any atom is -0.394 e. The number of carbonyl (C=O) groups excluding carboxylic acids is 1. The second-order valence-electron chi connectivity index (χ2n) is 7.41. The molecule has 0 radical (unpaired) electrons. The number of aromatic nitrogens is 5. The molecule has 1 aromatic carbocycles. The maximum Gasteiger partial charge on any atom is 0.251 e. The summed E-state index contributed by atoms with van der Waals surface area (Å²) in [7, 11) is 0. The van der Waals surface area contributed by atoms with Gasteiger partial charge in [-0.05, 0) is 41.5 Å². The Kier molecular flexibility index (Phi) is 6.46. The van der Waals surface area contributed by atoms with Crippen molar-refractivity contribution in [3.63, 3.8) is 0 Å². The Morgan fingerprint density at radius 3 is 2.63 bits per heavy atom. The highest BCUT2D eigenvalue weighted by atomic mass is 19.1. The number of rotatable bonds is 7. The first-order chi connectivity index (χ1) is 14.3. The highest BCUT2D eigenvalue weighted by Crippen LogP contribution is 2.26. The summed E-state index contributed by atoms with van der Waals surface area (Å²) < 4.78 is 29.2. The van der Waals surface area contributed by atoms with Gasteiger partial charge in [0, 0.05) is 29.7 Å². The summed E-state index contributed by atoms with van der Waals surface area (Å²) in [5, 5.41) is 23.6. The number of hydrogen-bond donors (Lipinski definition) is 2. The molecular formula is C20H22F2N6O2.